The molecule has 2 aliphatic rings. The number of benzene rings is 1. The predicted octanol–water partition coefficient (Wildman–Crippen LogP) is 1.72. The summed E-state index contributed by atoms with van der Waals surface area (Å²) < 4.78 is 5.38. The Kier molecular flexibility index (Phi) is 5.87. The van der Waals surface area contributed by atoms with E-state index in [1.54, 1.807) is 0 Å². The number of piperidine rings is 1. The van der Waals surface area contributed by atoms with Crippen molar-refractivity contribution in [3.63, 3.8) is 0 Å². The smallest absolute Gasteiger partial charge is 0.253 e. The van der Waals surface area contributed by atoms with Crippen molar-refractivity contribution in [3.05, 3.63) is 35.4 Å². The number of nitrogens with zero attached hydrogens (tertiary/aromatic N) is 2. The molecule has 1 amide bonds. The lowest BCUT2D eigenvalue weighted by molar-refractivity contribution is 0.0342. The van der Waals surface area contributed by atoms with E-state index in [1.165, 1.54) is 5.56 Å². The summed E-state index contributed by atoms with van der Waals surface area (Å²) in [5.41, 5.74) is 8.06. The summed E-state index contributed by atoms with van der Waals surface area (Å²) >= 11 is 0. The van der Waals surface area contributed by atoms with Gasteiger partial charge in [-0.25, -0.2) is 0 Å². The van der Waals surface area contributed by atoms with Crippen LogP contribution in [0.4, 0.5) is 0 Å². The molecule has 1 aromatic carbocycles. The zero-order valence-electron chi connectivity index (χ0n) is 14.6. The Balaban J connectivity index is 1.59. The molecule has 2 aliphatic heterocycles. The van der Waals surface area contributed by atoms with Crippen molar-refractivity contribution in [1.29, 1.82) is 0 Å². The third-order valence-electron chi connectivity index (χ3n) is 5.20. The molecule has 1 aromatic rings. The summed E-state index contributed by atoms with van der Waals surface area (Å²) in [6.07, 6.45) is 2.17. The molecule has 132 valence electrons. The molecular formula is C19H29N3O2. The zero-order valence-corrected chi connectivity index (χ0v) is 14.6. The molecule has 5 nitrogen and oxygen atoms in total. The summed E-state index contributed by atoms with van der Waals surface area (Å²) in [6, 6.07) is 8.24. The average molecular weight is 331 g/mol. The van der Waals surface area contributed by atoms with Crippen LogP contribution in [0.25, 0.3) is 0 Å². The van der Waals surface area contributed by atoms with E-state index in [0.29, 0.717) is 5.92 Å². The number of rotatable bonds is 4. The van der Waals surface area contributed by atoms with Crippen LogP contribution in [-0.4, -0.2) is 61.1 Å². The highest BCUT2D eigenvalue weighted by Crippen LogP contribution is 2.21. The maximum atomic E-state index is 12.7. The number of hydrogen-bond acceptors (Lipinski definition) is 4. The highest BCUT2D eigenvalue weighted by Gasteiger charge is 2.26. The Labute approximate surface area is 144 Å². The quantitative estimate of drug-likeness (QED) is 0.913. The molecule has 0 unspecified atom stereocenters. The second kappa shape index (κ2) is 8.10. The normalized spacial score (nSPS) is 23.9. The van der Waals surface area contributed by atoms with Crippen LogP contribution in [0.3, 0.4) is 0 Å². The lowest BCUT2D eigenvalue weighted by Crippen LogP contribution is -2.45. The van der Waals surface area contributed by atoms with Gasteiger partial charge in [-0.15, -0.1) is 0 Å². The molecule has 3 rings (SSSR count). The van der Waals surface area contributed by atoms with Gasteiger partial charge >= 0.3 is 0 Å². The topological polar surface area (TPSA) is 58.8 Å². The molecule has 2 N–H and O–H groups in total. The van der Waals surface area contributed by atoms with Gasteiger partial charge < -0.3 is 15.4 Å². The van der Waals surface area contributed by atoms with Crippen LogP contribution in [0.5, 0.6) is 0 Å². The molecule has 0 bridgehead atoms. The second-order valence-electron chi connectivity index (χ2n) is 7.10. The molecule has 2 heterocycles. The molecule has 0 aliphatic carbocycles. The maximum Gasteiger partial charge on any atom is 0.253 e. The SMILES string of the molecule is C[C@@H](N)[C@@H]1CCCN(C(=O)c2ccc(CN3CCOCC3)cc2)C1. The minimum atomic E-state index is 0.137. The van der Waals surface area contributed by atoms with Gasteiger partial charge in [0.2, 0.25) is 0 Å². The molecule has 2 saturated heterocycles. The minimum absolute atomic E-state index is 0.137. The highest BCUT2D eigenvalue weighted by molar-refractivity contribution is 5.94. The van der Waals surface area contributed by atoms with Crippen molar-refractivity contribution in [2.75, 3.05) is 39.4 Å². The largest absolute Gasteiger partial charge is 0.379 e. The maximum absolute atomic E-state index is 12.7. The fraction of sp³-hybridized carbons (Fsp3) is 0.632. The van der Waals surface area contributed by atoms with Crippen molar-refractivity contribution in [2.24, 2.45) is 11.7 Å². The van der Waals surface area contributed by atoms with Gasteiger partial charge in [0, 0.05) is 44.3 Å². The Morgan fingerprint density at radius 3 is 2.62 bits per heavy atom. The lowest BCUT2D eigenvalue weighted by Gasteiger charge is -2.34. The van der Waals surface area contributed by atoms with Gasteiger partial charge in [-0.3, -0.25) is 9.69 Å². The molecule has 0 radical (unpaired) electrons. The van der Waals surface area contributed by atoms with Crippen molar-refractivity contribution in [1.82, 2.24) is 9.80 Å². The van der Waals surface area contributed by atoms with Crippen LogP contribution < -0.4 is 5.73 Å². The van der Waals surface area contributed by atoms with Crippen molar-refractivity contribution in [3.8, 4) is 0 Å². The lowest BCUT2D eigenvalue weighted by atomic mass is 9.92. The highest BCUT2D eigenvalue weighted by atomic mass is 16.5. The monoisotopic (exact) mass is 331 g/mol. The van der Waals surface area contributed by atoms with E-state index < -0.39 is 0 Å². The fourth-order valence-corrected chi connectivity index (χ4v) is 3.58. The summed E-state index contributed by atoms with van der Waals surface area (Å²) in [5.74, 6) is 0.557. The van der Waals surface area contributed by atoms with Crippen LogP contribution >= 0.6 is 0 Å². The molecule has 2 atom stereocenters. The summed E-state index contributed by atoms with van der Waals surface area (Å²) in [5, 5.41) is 0. The number of ether oxygens (including phenoxy) is 1. The van der Waals surface area contributed by atoms with Gasteiger partial charge in [0.25, 0.3) is 5.91 Å². The first kappa shape index (κ1) is 17.4. The van der Waals surface area contributed by atoms with Crippen molar-refractivity contribution in [2.45, 2.75) is 32.4 Å². The van der Waals surface area contributed by atoms with Crippen molar-refractivity contribution < 1.29 is 9.53 Å². The first-order valence-corrected chi connectivity index (χ1v) is 9.07. The number of morpholine rings is 1. The van der Waals surface area contributed by atoms with E-state index in [0.717, 1.165) is 64.3 Å². The van der Waals surface area contributed by atoms with Crippen LogP contribution in [0.2, 0.25) is 0 Å². The predicted molar refractivity (Wildman–Crippen MR) is 94.8 cm³/mol. The number of likely N-dealkylation sites (tertiary alicyclic amines) is 1. The van der Waals surface area contributed by atoms with E-state index in [4.69, 9.17) is 10.5 Å². The molecule has 24 heavy (non-hydrogen) atoms. The Morgan fingerprint density at radius 2 is 1.96 bits per heavy atom. The molecule has 5 heteroatoms. The molecular weight excluding hydrogens is 302 g/mol. The molecule has 0 aromatic heterocycles. The number of amides is 1. The first-order chi connectivity index (χ1) is 11.6. The second-order valence-corrected chi connectivity index (χ2v) is 7.10. The fourth-order valence-electron chi connectivity index (χ4n) is 3.58. The van der Waals surface area contributed by atoms with Crippen molar-refractivity contribution >= 4 is 5.91 Å². The van der Waals surface area contributed by atoms with E-state index >= 15 is 0 Å². The van der Waals surface area contributed by atoms with Crippen LogP contribution in [-0.2, 0) is 11.3 Å². The number of hydrogen-bond donors (Lipinski definition) is 1. The Hall–Kier alpha value is -1.43. The number of carbonyl (C=O) groups is 1. The van der Waals surface area contributed by atoms with Crippen LogP contribution in [0.1, 0.15) is 35.7 Å². The van der Waals surface area contributed by atoms with Gasteiger partial charge in [-0.1, -0.05) is 12.1 Å². The Morgan fingerprint density at radius 1 is 1.25 bits per heavy atom. The molecule has 0 spiro atoms. The van der Waals surface area contributed by atoms with Gasteiger partial charge in [0.15, 0.2) is 0 Å². The van der Waals surface area contributed by atoms with E-state index in [1.807, 2.05) is 24.0 Å². The standard InChI is InChI=1S/C19H29N3O2/c1-15(20)18-3-2-8-22(14-18)19(23)17-6-4-16(5-7-17)13-21-9-11-24-12-10-21/h4-7,15,18H,2-3,8-14,20H2,1H3/t15-,18-/m1/s1. The van der Waals surface area contributed by atoms with E-state index in [9.17, 15) is 4.79 Å². The third kappa shape index (κ3) is 4.35. The minimum Gasteiger partial charge on any atom is -0.379 e. The summed E-state index contributed by atoms with van der Waals surface area (Å²) in [6.45, 7) is 8.18. The van der Waals surface area contributed by atoms with Gasteiger partial charge in [-0.05, 0) is 43.4 Å². The van der Waals surface area contributed by atoms with Crippen LogP contribution in [0, 0.1) is 5.92 Å². The van der Waals surface area contributed by atoms with E-state index in [-0.39, 0.29) is 11.9 Å². The van der Waals surface area contributed by atoms with Gasteiger partial charge in [0.1, 0.15) is 0 Å². The summed E-state index contributed by atoms with van der Waals surface area (Å²) in [7, 11) is 0. The molecule has 0 saturated carbocycles. The van der Waals surface area contributed by atoms with Gasteiger partial charge in [0.05, 0.1) is 13.2 Å². The Bertz CT molecular complexity index is 538. The van der Waals surface area contributed by atoms with E-state index in [2.05, 4.69) is 17.0 Å². The number of carbonyl (C=O) groups excluding carboxylic acids is 1. The first-order valence-electron chi connectivity index (χ1n) is 9.07. The zero-order chi connectivity index (χ0) is 16.9. The third-order valence-corrected chi connectivity index (χ3v) is 5.20. The number of nitrogens with two attached hydrogens (primary N) is 1. The average Bonchev–Trinajstić information content (AvgIpc) is 2.63. The molecule has 2 fully saturated rings. The van der Waals surface area contributed by atoms with Gasteiger partial charge in [-0.2, -0.15) is 0 Å². The van der Waals surface area contributed by atoms with Crippen LogP contribution in [0.15, 0.2) is 24.3 Å². The summed E-state index contributed by atoms with van der Waals surface area (Å²) in [4.78, 5) is 17.1.